The number of aromatic nitrogens is 2. The van der Waals surface area contributed by atoms with E-state index < -0.39 is 0 Å². The Hall–Kier alpha value is -2.57. The molecule has 0 saturated carbocycles. The molecule has 1 aliphatic rings. The molecule has 2 aromatic carbocycles. The van der Waals surface area contributed by atoms with Crippen molar-refractivity contribution in [3.05, 3.63) is 71.4 Å². The average Bonchev–Trinajstić information content (AvgIpc) is 3.25. The molecule has 0 spiro atoms. The molecule has 1 fully saturated rings. The molecule has 0 unspecified atom stereocenters. The highest BCUT2D eigenvalue weighted by atomic mass is 19.1. The molecule has 1 aromatic heterocycles. The number of hydrogen-bond acceptors (Lipinski definition) is 5. The lowest BCUT2D eigenvalue weighted by molar-refractivity contribution is -0.00261. The van der Waals surface area contributed by atoms with E-state index in [1.807, 2.05) is 24.3 Å². The number of likely N-dealkylation sites (tertiary alicyclic amines) is 1. The van der Waals surface area contributed by atoms with Crippen LogP contribution < -0.4 is 0 Å². The third-order valence-electron chi connectivity index (χ3n) is 5.63. The fourth-order valence-electron chi connectivity index (χ4n) is 3.75. The Morgan fingerprint density at radius 1 is 1.13 bits per heavy atom. The van der Waals surface area contributed by atoms with Crippen LogP contribution in [0.3, 0.4) is 0 Å². The molecule has 0 atom stereocenters. The van der Waals surface area contributed by atoms with Crippen molar-refractivity contribution in [2.45, 2.75) is 45.3 Å². The minimum atomic E-state index is -0.255. The van der Waals surface area contributed by atoms with E-state index in [1.54, 1.807) is 13.0 Å². The zero-order valence-electron chi connectivity index (χ0n) is 17.4. The second-order valence-electron chi connectivity index (χ2n) is 7.92. The molecule has 30 heavy (non-hydrogen) atoms. The van der Waals surface area contributed by atoms with E-state index in [4.69, 9.17) is 9.26 Å². The summed E-state index contributed by atoms with van der Waals surface area (Å²) in [6, 6.07) is 15.3. The van der Waals surface area contributed by atoms with E-state index in [2.05, 4.69) is 27.2 Å². The highest BCUT2D eigenvalue weighted by Crippen LogP contribution is 2.20. The zero-order chi connectivity index (χ0) is 20.8. The molecule has 2 heterocycles. The van der Waals surface area contributed by atoms with Crippen molar-refractivity contribution in [3.8, 4) is 11.4 Å². The van der Waals surface area contributed by atoms with Gasteiger partial charge in [0, 0.05) is 25.1 Å². The summed E-state index contributed by atoms with van der Waals surface area (Å²) in [5.74, 6) is 0.794. The molecule has 0 amide bonds. The highest BCUT2D eigenvalue weighted by Gasteiger charge is 2.19. The number of halogens is 1. The van der Waals surface area contributed by atoms with Crippen LogP contribution in [0.15, 0.2) is 53.1 Å². The van der Waals surface area contributed by atoms with Gasteiger partial charge in [-0.1, -0.05) is 47.6 Å². The molecule has 3 aromatic rings. The van der Waals surface area contributed by atoms with Crippen LogP contribution in [0.4, 0.5) is 4.39 Å². The van der Waals surface area contributed by atoms with Gasteiger partial charge >= 0.3 is 0 Å². The van der Waals surface area contributed by atoms with Gasteiger partial charge in [0.25, 0.3) is 0 Å². The van der Waals surface area contributed by atoms with E-state index in [0.717, 1.165) is 45.3 Å². The van der Waals surface area contributed by atoms with Crippen LogP contribution in [0.1, 0.15) is 36.3 Å². The summed E-state index contributed by atoms with van der Waals surface area (Å²) in [5, 5.41) is 4.00. The Bertz CT molecular complexity index is 937. The van der Waals surface area contributed by atoms with Gasteiger partial charge in [-0.05, 0) is 49.9 Å². The summed E-state index contributed by atoms with van der Waals surface area (Å²) < 4.78 is 25.2. The lowest BCUT2D eigenvalue weighted by Gasteiger charge is -2.31. The molecule has 158 valence electrons. The molecule has 5 nitrogen and oxygen atoms in total. The van der Waals surface area contributed by atoms with Gasteiger partial charge in [0.05, 0.1) is 12.7 Å². The first-order valence-corrected chi connectivity index (χ1v) is 10.6. The fraction of sp³-hybridized carbons (Fsp3) is 0.417. The molecular formula is C24H28FN3O2. The summed E-state index contributed by atoms with van der Waals surface area (Å²) in [7, 11) is 0. The van der Waals surface area contributed by atoms with E-state index in [9.17, 15) is 4.39 Å². The lowest BCUT2D eigenvalue weighted by atomic mass is 10.1. The van der Waals surface area contributed by atoms with Crippen molar-refractivity contribution in [1.29, 1.82) is 0 Å². The number of aryl methyl sites for hydroxylation is 2. The lowest BCUT2D eigenvalue weighted by Crippen LogP contribution is -2.37. The van der Waals surface area contributed by atoms with E-state index in [1.165, 1.54) is 11.6 Å². The summed E-state index contributed by atoms with van der Waals surface area (Å²) >= 11 is 0. The second kappa shape index (κ2) is 9.96. The first kappa shape index (κ1) is 20.7. The maximum Gasteiger partial charge on any atom is 0.227 e. The van der Waals surface area contributed by atoms with E-state index in [0.29, 0.717) is 35.6 Å². The molecule has 0 aliphatic carbocycles. The predicted molar refractivity (Wildman–Crippen MR) is 113 cm³/mol. The number of piperidine rings is 1. The number of hydrogen-bond donors (Lipinski definition) is 0. The summed E-state index contributed by atoms with van der Waals surface area (Å²) in [6.07, 6.45) is 4.16. The van der Waals surface area contributed by atoms with Crippen molar-refractivity contribution < 1.29 is 13.7 Å². The average molecular weight is 410 g/mol. The minimum Gasteiger partial charge on any atom is -0.373 e. The summed E-state index contributed by atoms with van der Waals surface area (Å²) in [6.45, 7) is 5.53. The van der Waals surface area contributed by atoms with Crippen molar-refractivity contribution >= 4 is 0 Å². The Morgan fingerprint density at radius 2 is 1.93 bits per heavy atom. The topological polar surface area (TPSA) is 51.4 Å². The van der Waals surface area contributed by atoms with Crippen molar-refractivity contribution in [3.63, 3.8) is 0 Å². The van der Waals surface area contributed by atoms with Gasteiger partial charge in [0.2, 0.25) is 11.7 Å². The van der Waals surface area contributed by atoms with Crippen molar-refractivity contribution in [2.75, 3.05) is 19.6 Å². The Balaban J connectivity index is 1.17. The second-order valence-corrected chi connectivity index (χ2v) is 7.92. The van der Waals surface area contributed by atoms with Gasteiger partial charge in [-0.15, -0.1) is 0 Å². The number of rotatable bonds is 8. The van der Waals surface area contributed by atoms with Gasteiger partial charge in [0.1, 0.15) is 5.82 Å². The first-order chi connectivity index (χ1) is 14.7. The molecule has 1 aliphatic heterocycles. The van der Waals surface area contributed by atoms with Crippen LogP contribution in [-0.4, -0.2) is 40.8 Å². The number of benzene rings is 2. The Kier molecular flexibility index (Phi) is 6.87. The molecular weight excluding hydrogens is 381 g/mol. The third kappa shape index (κ3) is 5.52. The summed E-state index contributed by atoms with van der Waals surface area (Å²) in [5.41, 5.74) is 2.48. The van der Waals surface area contributed by atoms with Crippen LogP contribution in [0.5, 0.6) is 0 Å². The standard InChI is InChI=1S/C24H28FN3O2/c1-18-9-10-20(16-22(18)25)24-26-23(30-27-24)8-5-13-28-14-11-21(12-15-28)29-17-19-6-3-2-4-7-19/h2-4,6-7,9-10,16,21H,5,8,11-15,17H2,1H3. The van der Waals surface area contributed by atoms with E-state index in [-0.39, 0.29) is 5.82 Å². The van der Waals surface area contributed by atoms with Gasteiger partial charge in [-0.25, -0.2) is 4.39 Å². The van der Waals surface area contributed by atoms with Gasteiger partial charge in [0.15, 0.2) is 0 Å². The normalized spacial score (nSPS) is 15.5. The van der Waals surface area contributed by atoms with Crippen molar-refractivity contribution in [2.24, 2.45) is 0 Å². The minimum absolute atomic E-state index is 0.255. The Labute approximate surface area is 176 Å². The zero-order valence-corrected chi connectivity index (χ0v) is 17.4. The van der Waals surface area contributed by atoms with Crippen LogP contribution in [-0.2, 0) is 17.8 Å². The maximum absolute atomic E-state index is 13.7. The quantitative estimate of drug-likeness (QED) is 0.535. The predicted octanol–water partition coefficient (Wildman–Crippen LogP) is 4.80. The first-order valence-electron chi connectivity index (χ1n) is 10.6. The maximum atomic E-state index is 13.7. The van der Waals surface area contributed by atoms with E-state index >= 15 is 0 Å². The molecule has 0 bridgehead atoms. The molecule has 1 saturated heterocycles. The third-order valence-corrected chi connectivity index (χ3v) is 5.63. The van der Waals surface area contributed by atoms with Crippen LogP contribution in [0.25, 0.3) is 11.4 Å². The van der Waals surface area contributed by atoms with Gasteiger partial charge in [-0.2, -0.15) is 4.98 Å². The smallest absolute Gasteiger partial charge is 0.227 e. The molecule has 0 N–H and O–H groups in total. The molecule has 4 rings (SSSR count). The number of ether oxygens (including phenoxy) is 1. The monoisotopic (exact) mass is 409 g/mol. The van der Waals surface area contributed by atoms with Crippen molar-refractivity contribution in [1.82, 2.24) is 15.0 Å². The largest absolute Gasteiger partial charge is 0.373 e. The molecule has 0 radical (unpaired) electrons. The molecule has 6 heteroatoms. The highest BCUT2D eigenvalue weighted by molar-refractivity contribution is 5.54. The van der Waals surface area contributed by atoms with Crippen LogP contribution >= 0.6 is 0 Å². The summed E-state index contributed by atoms with van der Waals surface area (Å²) in [4.78, 5) is 6.88. The van der Waals surface area contributed by atoms with Gasteiger partial charge in [-0.3, -0.25) is 0 Å². The number of nitrogens with zero attached hydrogens (tertiary/aromatic N) is 3. The van der Waals surface area contributed by atoms with Crippen LogP contribution in [0.2, 0.25) is 0 Å². The van der Waals surface area contributed by atoms with Crippen LogP contribution in [0, 0.1) is 12.7 Å². The van der Waals surface area contributed by atoms with Gasteiger partial charge < -0.3 is 14.2 Å². The Morgan fingerprint density at radius 3 is 2.70 bits per heavy atom. The fourth-order valence-corrected chi connectivity index (χ4v) is 3.75. The SMILES string of the molecule is Cc1ccc(-c2noc(CCCN3CCC(OCc4ccccc4)CC3)n2)cc1F.